The zero-order valence-corrected chi connectivity index (χ0v) is 14.9. The van der Waals surface area contributed by atoms with Gasteiger partial charge < -0.3 is 20.1 Å². The van der Waals surface area contributed by atoms with Crippen LogP contribution in [0.25, 0.3) is 0 Å². The van der Waals surface area contributed by atoms with E-state index in [-0.39, 0.29) is 36.4 Å². The Labute approximate surface area is 149 Å². The Kier molecular flexibility index (Phi) is 7.04. The number of halogens is 1. The third-order valence-electron chi connectivity index (χ3n) is 4.81. The fourth-order valence-corrected chi connectivity index (χ4v) is 3.42. The molecule has 1 aromatic carbocycles. The molecule has 2 saturated heterocycles. The van der Waals surface area contributed by atoms with E-state index < -0.39 is 6.10 Å². The highest BCUT2D eigenvalue weighted by Crippen LogP contribution is 2.27. The molecule has 0 aromatic heterocycles. The van der Waals surface area contributed by atoms with Gasteiger partial charge in [-0.15, -0.1) is 12.4 Å². The average molecular weight is 355 g/mol. The molecule has 3 rings (SSSR count). The summed E-state index contributed by atoms with van der Waals surface area (Å²) in [6.45, 7) is 4.37. The van der Waals surface area contributed by atoms with E-state index in [1.165, 1.54) is 5.56 Å². The van der Waals surface area contributed by atoms with Crippen LogP contribution in [-0.2, 0) is 14.3 Å². The molecule has 2 N–H and O–H groups in total. The van der Waals surface area contributed by atoms with Crippen LogP contribution in [0.4, 0.5) is 0 Å². The van der Waals surface area contributed by atoms with Crippen LogP contribution in [0.15, 0.2) is 30.3 Å². The van der Waals surface area contributed by atoms with E-state index in [0.29, 0.717) is 19.7 Å². The molecule has 0 bridgehead atoms. The Bertz CT molecular complexity index is 522. The van der Waals surface area contributed by atoms with Gasteiger partial charge in [-0.1, -0.05) is 30.3 Å². The summed E-state index contributed by atoms with van der Waals surface area (Å²) >= 11 is 0. The van der Waals surface area contributed by atoms with E-state index in [0.717, 1.165) is 19.4 Å². The number of carbonyl (C=O) groups is 1. The van der Waals surface area contributed by atoms with Crippen molar-refractivity contribution < 1.29 is 14.3 Å². The van der Waals surface area contributed by atoms with E-state index in [4.69, 9.17) is 15.2 Å². The van der Waals surface area contributed by atoms with E-state index in [1.807, 2.05) is 30.0 Å². The Morgan fingerprint density at radius 2 is 2.12 bits per heavy atom. The molecule has 0 aliphatic carbocycles. The highest BCUT2D eigenvalue weighted by atomic mass is 35.5. The van der Waals surface area contributed by atoms with Crippen molar-refractivity contribution in [1.29, 1.82) is 0 Å². The van der Waals surface area contributed by atoms with Crippen molar-refractivity contribution in [3.8, 4) is 0 Å². The average Bonchev–Trinajstić information content (AvgIpc) is 3.22. The van der Waals surface area contributed by atoms with Crippen LogP contribution in [0.3, 0.4) is 0 Å². The second kappa shape index (κ2) is 8.81. The second-order valence-electron chi connectivity index (χ2n) is 6.53. The van der Waals surface area contributed by atoms with Gasteiger partial charge >= 0.3 is 0 Å². The first-order chi connectivity index (χ1) is 11.1. The zero-order valence-electron chi connectivity index (χ0n) is 14.1. The SMILES string of the molecule is CC(OCC1CCCO1)C(=O)N1C[C@@H](N)[C@H](c2ccccc2)C1.Cl. The molecule has 24 heavy (non-hydrogen) atoms. The first-order valence-electron chi connectivity index (χ1n) is 8.47. The summed E-state index contributed by atoms with van der Waals surface area (Å²) in [5.74, 6) is 0.224. The highest BCUT2D eigenvalue weighted by Gasteiger charge is 2.35. The van der Waals surface area contributed by atoms with Crippen molar-refractivity contribution in [1.82, 2.24) is 4.90 Å². The minimum atomic E-state index is -0.444. The van der Waals surface area contributed by atoms with E-state index in [2.05, 4.69) is 12.1 Å². The molecule has 2 aliphatic rings. The van der Waals surface area contributed by atoms with Gasteiger partial charge in [0.25, 0.3) is 5.91 Å². The fraction of sp³-hybridized carbons (Fsp3) is 0.611. The van der Waals surface area contributed by atoms with E-state index in [9.17, 15) is 4.79 Å². The lowest BCUT2D eigenvalue weighted by Gasteiger charge is -2.22. The number of nitrogens with zero attached hydrogens (tertiary/aromatic N) is 1. The Balaban J connectivity index is 0.00000208. The molecule has 134 valence electrons. The monoisotopic (exact) mass is 354 g/mol. The van der Waals surface area contributed by atoms with Gasteiger partial charge in [-0.2, -0.15) is 0 Å². The van der Waals surface area contributed by atoms with Crippen LogP contribution in [-0.4, -0.2) is 55.4 Å². The van der Waals surface area contributed by atoms with Gasteiger partial charge in [0, 0.05) is 31.7 Å². The fourth-order valence-electron chi connectivity index (χ4n) is 3.42. The van der Waals surface area contributed by atoms with Gasteiger partial charge in [0.1, 0.15) is 6.10 Å². The van der Waals surface area contributed by atoms with Crippen molar-refractivity contribution in [2.45, 2.75) is 43.9 Å². The molecule has 6 heteroatoms. The summed E-state index contributed by atoms with van der Waals surface area (Å²) < 4.78 is 11.2. The first-order valence-corrected chi connectivity index (χ1v) is 8.47. The maximum atomic E-state index is 12.6. The third kappa shape index (κ3) is 4.48. The maximum Gasteiger partial charge on any atom is 0.251 e. The largest absolute Gasteiger partial charge is 0.376 e. The zero-order chi connectivity index (χ0) is 16.2. The van der Waals surface area contributed by atoms with Gasteiger partial charge in [0.2, 0.25) is 0 Å². The predicted octanol–water partition coefficient (Wildman–Crippen LogP) is 1.95. The molecule has 2 heterocycles. The van der Waals surface area contributed by atoms with Gasteiger partial charge in [0.05, 0.1) is 12.7 Å². The molecular weight excluding hydrogens is 328 g/mol. The van der Waals surface area contributed by atoms with E-state index >= 15 is 0 Å². The predicted molar refractivity (Wildman–Crippen MR) is 95.4 cm³/mol. The number of carbonyl (C=O) groups excluding carboxylic acids is 1. The molecule has 2 aliphatic heterocycles. The number of amides is 1. The lowest BCUT2D eigenvalue weighted by molar-refractivity contribution is -0.143. The molecule has 0 spiro atoms. The molecule has 4 atom stereocenters. The number of hydrogen-bond acceptors (Lipinski definition) is 4. The quantitative estimate of drug-likeness (QED) is 0.877. The smallest absolute Gasteiger partial charge is 0.251 e. The summed E-state index contributed by atoms with van der Waals surface area (Å²) in [6.07, 6.45) is 1.80. The summed E-state index contributed by atoms with van der Waals surface area (Å²) in [5.41, 5.74) is 7.46. The molecule has 2 unspecified atom stereocenters. The Hall–Kier alpha value is -1.14. The van der Waals surface area contributed by atoms with Crippen LogP contribution >= 0.6 is 12.4 Å². The first kappa shape index (κ1) is 19.2. The minimum absolute atomic E-state index is 0. The van der Waals surface area contributed by atoms with Crippen LogP contribution in [0, 0.1) is 0 Å². The Morgan fingerprint density at radius 3 is 2.79 bits per heavy atom. The normalized spacial score (nSPS) is 27.8. The van der Waals surface area contributed by atoms with Crippen molar-refractivity contribution >= 4 is 18.3 Å². The summed E-state index contributed by atoms with van der Waals surface area (Å²) in [6, 6.07) is 10.2. The molecular formula is C18H27ClN2O3. The number of benzene rings is 1. The number of nitrogens with two attached hydrogens (primary N) is 1. The van der Waals surface area contributed by atoms with Gasteiger partial charge in [0.15, 0.2) is 0 Å². The third-order valence-corrected chi connectivity index (χ3v) is 4.81. The topological polar surface area (TPSA) is 64.8 Å². The van der Waals surface area contributed by atoms with Crippen molar-refractivity contribution in [2.24, 2.45) is 5.73 Å². The molecule has 0 radical (unpaired) electrons. The number of ether oxygens (including phenoxy) is 2. The summed E-state index contributed by atoms with van der Waals surface area (Å²) in [4.78, 5) is 14.4. The molecule has 5 nitrogen and oxygen atoms in total. The lowest BCUT2D eigenvalue weighted by atomic mass is 9.95. The summed E-state index contributed by atoms with van der Waals surface area (Å²) in [5, 5.41) is 0. The minimum Gasteiger partial charge on any atom is -0.376 e. The van der Waals surface area contributed by atoms with Gasteiger partial charge in [-0.3, -0.25) is 4.79 Å². The van der Waals surface area contributed by atoms with Crippen LogP contribution < -0.4 is 5.73 Å². The molecule has 1 aromatic rings. The van der Waals surface area contributed by atoms with Crippen molar-refractivity contribution in [3.05, 3.63) is 35.9 Å². The molecule has 1 amide bonds. The van der Waals surface area contributed by atoms with E-state index in [1.54, 1.807) is 0 Å². The highest BCUT2D eigenvalue weighted by molar-refractivity contribution is 5.85. The molecule has 2 fully saturated rings. The van der Waals surface area contributed by atoms with Crippen LogP contribution in [0.2, 0.25) is 0 Å². The standard InChI is InChI=1S/C18H26N2O3.ClH/c1-13(23-12-15-8-5-9-22-15)18(21)20-10-16(17(19)11-20)14-6-3-2-4-7-14;/h2-4,6-7,13,15-17H,5,8-12,19H2,1H3;1H/t13?,15?,16-,17+;/m0./s1. The number of rotatable bonds is 5. The Morgan fingerprint density at radius 1 is 1.38 bits per heavy atom. The second-order valence-corrected chi connectivity index (χ2v) is 6.53. The van der Waals surface area contributed by atoms with Crippen molar-refractivity contribution in [3.63, 3.8) is 0 Å². The van der Waals surface area contributed by atoms with Crippen LogP contribution in [0.1, 0.15) is 31.2 Å². The van der Waals surface area contributed by atoms with Gasteiger partial charge in [-0.05, 0) is 25.3 Å². The summed E-state index contributed by atoms with van der Waals surface area (Å²) in [7, 11) is 0. The maximum absolute atomic E-state index is 12.6. The number of hydrogen-bond donors (Lipinski definition) is 1. The van der Waals surface area contributed by atoms with Gasteiger partial charge in [-0.25, -0.2) is 0 Å². The van der Waals surface area contributed by atoms with Crippen molar-refractivity contribution in [2.75, 3.05) is 26.3 Å². The molecule has 0 saturated carbocycles. The number of likely N-dealkylation sites (tertiary alicyclic amines) is 1. The lowest BCUT2D eigenvalue weighted by Crippen LogP contribution is -2.39. The van der Waals surface area contributed by atoms with Crippen LogP contribution in [0.5, 0.6) is 0 Å².